The number of nitrogens with one attached hydrogen (secondary N) is 3. The minimum absolute atomic E-state index is 0.0610. The minimum atomic E-state index is -4.06. The van der Waals surface area contributed by atoms with Crippen molar-refractivity contribution in [1.29, 1.82) is 0 Å². The summed E-state index contributed by atoms with van der Waals surface area (Å²) >= 11 is 0. The predicted molar refractivity (Wildman–Crippen MR) is 113 cm³/mol. The van der Waals surface area contributed by atoms with Crippen LogP contribution in [0, 0.1) is 5.92 Å². The molecule has 0 radical (unpaired) electrons. The predicted octanol–water partition coefficient (Wildman–Crippen LogP) is 3.11. The van der Waals surface area contributed by atoms with Crippen molar-refractivity contribution in [3.8, 4) is 0 Å². The first kappa shape index (κ1) is 21.6. The highest BCUT2D eigenvalue weighted by Crippen LogP contribution is 2.32. The molecule has 0 aliphatic heterocycles. The largest absolute Gasteiger partial charge is 0.480 e. The van der Waals surface area contributed by atoms with Crippen LogP contribution in [0.2, 0.25) is 0 Å². The summed E-state index contributed by atoms with van der Waals surface area (Å²) in [6.07, 6.45) is 0. The number of carbonyl (C=O) groups excluding carboxylic acids is 1. The number of fused-ring (bicyclic) bond motifs is 3. The van der Waals surface area contributed by atoms with Gasteiger partial charge in [-0.25, -0.2) is 13.2 Å². The molecule has 1 aromatic heterocycles. The summed E-state index contributed by atoms with van der Waals surface area (Å²) in [5.41, 5.74) is 1.48. The van der Waals surface area contributed by atoms with Crippen LogP contribution in [0.25, 0.3) is 21.9 Å². The van der Waals surface area contributed by atoms with Crippen molar-refractivity contribution in [1.82, 2.24) is 10.0 Å². The fourth-order valence-electron chi connectivity index (χ4n) is 3.04. The average molecular weight is 433 g/mol. The molecule has 0 bridgehead atoms. The highest BCUT2D eigenvalue weighted by molar-refractivity contribution is 7.89. The van der Waals surface area contributed by atoms with E-state index < -0.39 is 28.0 Å². The maximum absolute atomic E-state index is 12.7. The summed E-state index contributed by atoms with van der Waals surface area (Å²) < 4.78 is 33.5. The van der Waals surface area contributed by atoms with E-state index >= 15 is 0 Å². The second-order valence-corrected chi connectivity index (χ2v) is 8.85. The summed E-state index contributed by atoms with van der Waals surface area (Å²) in [6, 6.07) is 7.80. The van der Waals surface area contributed by atoms with Gasteiger partial charge in [-0.15, -0.1) is 0 Å². The minimum Gasteiger partial charge on any atom is -0.480 e. The van der Waals surface area contributed by atoms with Crippen LogP contribution in [0.5, 0.6) is 0 Å². The number of furan rings is 1. The lowest BCUT2D eigenvalue weighted by Crippen LogP contribution is -2.44. The molecule has 2 aromatic carbocycles. The molecule has 0 aliphatic rings. The Hall–Kier alpha value is -3.11. The Bertz CT molecular complexity index is 1220. The molecule has 9 nitrogen and oxygen atoms in total. The number of urea groups is 1. The molecular formula is C20H23N3O6S. The highest BCUT2D eigenvalue weighted by Gasteiger charge is 2.28. The SMILES string of the molecule is CCNC(=O)Nc1ccc2c(c1)oc1ccc(S(=O)(=O)N[C@@H](C(=O)O)C(C)C)cc12. The summed E-state index contributed by atoms with van der Waals surface area (Å²) in [4.78, 5) is 23.0. The molecule has 10 heteroatoms. The first-order chi connectivity index (χ1) is 14.1. The standard InChI is InChI=1S/C20H23N3O6S/c1-4-21-20(26)22-12-5-7-14-15-10-13(6-8-16(15)29-17(14)9-12)30(27,28)23-18(11(2)3)19(24)25/h5-11,18,23H,4H2,1-3H3,(H,24,25)(H2,21,22,26)/t18-/m1/s1. The van der Waals surface area contributed by atoms with E-state index in [-0.39, 0.29) is 10.9 Å². The lowest BCUT2D eigenvalue weighted by molar-refractivity contribution is -0.140. The molecule has 1 heterocycles. The zero-order valence-electron chi connectivity index (χ0n) is 16.7. The number of sulfonamides is 1. The van der Waals surface area contributed by atoms with Crippen molar-refractivity contribution < 1.29 is 27.5 Å². The summed E-state index contributed by atoms with van der Waals surface area (Å²) in [6.45, 7) is 5.55. The van der Waals surface area contributed by atoms with Crippen molar-refractivity contribution in [2.45, 2.75) is 31.7 Å². The first-order valence-corrected chi connectivity index (χ1v) is 10.9. The van der Waals surface area contributed by atoms with Gasteiger partial charge in [0.25, 0.3) is 0 Å². The number of amides is 2. The maximum atomic E-state index is 12.7. The molecule has 0 spiro atoms. The molecule has 160 valence electrons. The zero-order valence-corrected chi connectivity index (χ0v) is 17.5. The van der Waals surface area contributed by atoms with Gasteiger partial charge in [-0.05, 0) is 43.2 Å². The maximum Gasteiger partial charge on any atom is 0.322 e. The van der Waals surface area contributed by atoms with E-state index in [0.29, 0.717) is 34.2 Å². The van der Waals surface area contributed by atoms with Gasteiger partial charge in [-0.2, -0.15) is 4.72 Å². The molecule has 0 fully saturated rings. The van der Waals surface area contributed by atoms with E-state index in [1.807, 2.05) is 6.92 Å². The van der Waals surface area contributed by atoms with E-state index in [1.165, 1.54) is 18.2 Å². The van der Waals surface area contributed by atoms with E-state index in [0.717, 1.165) is 0 Å². The fraction of sp³-hybridized carbons (Fsp3) is 0.300. The van der Waals surface area contributed by atoms with Crippen LogP contribution in [-0.4, -0.2) is 38.1 Å². The van der Waals surface area contributed by atoms with Crippen molar-refractivity contribution in [2.24, 2.45) is 5.92 Å². The quantitative estimate of drug-likeness (QED) is 0.452. The third-order valence-corrected chi connectivity index (χ3v) is 6.00. The second-order valence-electron chi connectivity index (χ2n) is 7.14. The number of carboxylic acid groups (broad SMARTS) is 1. The number of hydrogen-bond donors (Lipinski definition) is 4. The first-order valence-electron chi connectivity index (χ1n) is 9.38. The van der Waals surface area contributed by atoms with Crippen molar-refractivity contribution in [3.63, 3.8) is 0 Å². The van der Waals surface area contributed by atoms with E-state index in [1.54, 1.807) is 32.0 Å². The van der Waals surface area contributed by atoms with Crippen LogP contribution in [0.15, 0.2) is 45.7 Å². The van der Waals surface area contributed by atoms with Gasteiger partial charge in [0.15, 0.2) is 0 Å². The second kappa shape index (κ2) is 8.33. The van der Waals surface area contributed by atoms with Crippen LogP contribution in [0.1, 0.15) is 20.8 Å². The number of carboxylic acids is 1. The van der Waals surface area contributed by atoms with Gasteiger partial charge in [0.2, 0.25) is 10.0 Å². The lowest BCUT2D eigenvalue weighted by atomic mass is 10.1. The summed E-state index contributed by atoms with van der Waals surface area (Å²) in [5, 5.41) is 15.8. The molecule has 3 aromatic rings. The zero-order chi connectivity index (χ0) is 22.1. The highest BCUT2D eigenvalue weighted by atomic mass is 32.2. The van der Waals surface area contributed by atoms with E-state index in [9.17, 15) is 23.1 Å². The molecule has 0 aliphatic carbocycles. The normalized spacial score (nSPS) is 12.9. The molecule has 0 saturated heterocycles. The van der Waals surface area contributed by atoms with Gasteiger partial charge in [-0.3, -0.25) is 4.79 Å². The average Bonchev–Trinajstić information content (AvgIpc) is 3.02. The molecule has 2 amide bonds. The summed E-state index contributed by atoms with van der Waals surface area (Å²) in [5.74, 6) is -1.66. The monoisotopic (exact) mass is 433 g/mol. The van der Waals surface area contributed by atoms with Gasteiger partial charge in [-0.1, -0.05) is 13.8 Å². The molecule has 0 saturated carbocycles. The third-order valence-electron chi connectivity index (χ3n) is 4.56. The Kier molecular flexibility index (Phi) is 5.99. The molecule has 30 heavy (non-hydrogen) atoms. The molecule has 1 atom stereocenters. The molecule has 0 unspecified atom stereocenters. The number of carbonyl (C=O) groups is 2. The summed E-state index contributed by atoms with van der Waals surface area (Å²) in [7, 11) is -4.06. The Morgan fingerprint density at radius 2 is 1.80 bits per heavy atom. The smallest absolute Gasteiger partial charge is 0.322 e. The van der Waals surface area contributed by atoms with Gasteiger partial charge >= 0.3 is 12.0 Å². The molecule has 3 rings (SSSR count). The molecule has 4 N–H and O–H groups in total. The number of benzene rings is 2. The fourth-order valence-corrected chi connectivity index (χ4v) is 4.41. The number of hydrogen-bond acceptors (Lipinski definition) is 5. The molecular weight excluding hydrogens is 410 g/mol. The van der Waals surface area contributed by atoms with Crippen LogP contribution < -0.4 is 15.4 Å². The van der Waals surface area contributed by atoms with Gasteiger partial charge < -0.3 is 20.2 Å². The van der Waals surface area contributed by atoms with Crippen molar-refractivity contribution >= 4 is 49.6 Å². The van der Waals surface area contributed by atoms with Crippen LogP contribution >= 0.6 is 0 Å². The number of rotatable bonds is 7. The Morgan fingerprint density at radius 3 is 2.43 bits per heavy atom. The van der Waals surface area contributed by atoms with Crippen LogP contribution in [0.3, 0.4) is 0 Å². The van der Waals surface area contributed by atoms with E-state index in [2.05, 4.69) is 15.4 Å². The van der Waals surface area contributed by atoms with E-state index in [4.69, 9.17) is 4.42 Å². The van der Waals surface area contributed by atoms with Crippen LogP contribution in [0.4, 0.5) is 10.5 Å². The van der Waals surface area contributed by atoms with Gasteiger partial charge in [0, 0.05) is 29.1 Å². The third kappa shape index (κ3) is 4.39. The van der Waals surface area contributed by atoms with Crippen LogP contribution in [-0.2, 0) is 14.8 Å². The number of aliphatic carboxylic acids is 1. The lowest BCUT2D eigenvalue weighted by Gasteiger charge is -2.17. The van der Waals surface area contributed by atoms with Crippen molar-refractivity contribution in [3.05, 3.63) is 36.4 Å². The topological polar surface area (TPSA) is 138 Å². The van der Waals surface area contributed by atoms with Crippen molar-refractivity contribution in [2.75, 3.05) is 11.9 Å². The van der Waals surface area contributed by atoms with Gasteiger partial charge in [0.05, 0.1) is 4.90 Å². The Morgan fingerprint density at radius 1 is 1.07 bits per heavy atom. The van der Waals surface area contributed by atoms with Gasteiger partial charge in [0.1, 0.15) is 17.2 Å². The Balaban J connectivity index is 1.98. The Labute approximate surface area is 173 Å². The number of anilines is 1.